The summed E-state index contributed by atoms with van der Waals surface area (Å²) in [5, 5.41) is 0. The maximum atomic E-state index is 12.7. The van der Waals surface area contributed by atoms with Crippen molar-refractivity contribution < 1.29 is 9.53 Å². The number of benzene rings is 1. The van der Waals surface area contributed by atoms with Crippen LogP contribution in [0, 0.1) is 6.92 Å². The lowest BCUT2D eigenvalue weighted by Crippen LogP contribution is -2.49. The zero-order valence-corrected chi connectivity index (χ0v) is 11.5. The highest BCUT2D eigenvalue weighted by molar-refractivity contribution is 5.94. The number of nitrogens with zero attached hydrogens (tertiary/aromatic N) is 1. The first kappa shape index (κ1) is 12.7. The van der Waals surface area contributed by atoms with E-state index in [0.717, 1.165) is 37.8 Å². The Hall–Kier alpha value is -1.35. The normalized spacial score (nSPS) is 21.8. The van der Waals surface area contributed by atoms with Crippen LogP contribution in [0.2, 0.25) is 0 Å². The van der Waals surface area contributed by atoms with Crippen molar-refractivity contribution in [2.45, 2.75) is 44.8 Å². The van der Waals surface area contributed by atoms with Crippen molar-refractivity contribution in [3.05, 3.63) is 35.4 Å². The number of carbonyl (C=O) groups excluding carboxylic acids is 1. The molecule has 0 atom stereocenters. The standard InChI is InChI=1S/C16H21NO2/c1-13-5-7-14(8-6-13)15(18)17-11-12-19-16(17)9-3-2-4-10-16/h5-8H,2-4,9-12H2,1H3. The monoisotopic (exact) mass is 259 g/mol. The lowest BCUT2D eigenvalue weighted by molar-refractivity contribution is -0.0919. The molecule has 2 fully saturated rings. The molecule has 1 amide bonds. The fourth-order valence-electron chi connectivity index (χ4n) is 3.27. The van der Waals surface area contributed by atoms with Crippen molar-refractivity contribution in [1.29, 1.82) is 0 Å². The van der Waals surface area contributed by atoms with E-state index in [1.165, 1.54) is 12.0 Å². The molecule has 1 aromatic carbocycles. The smallest absolute Gasteiger partial charge is 0.256 e. The van der Waals surface area contributed by atoms with Gasteiger partial charge in [-0.25, -0.2) is 0 Å². The third-order valence-electron chi connectivity index (χ3n) is 4.36. The van der Waals surface area contributed by atoms with E-state index in [9.17, 15) is 4.79 Å². The van der Waals surface area contributed by atoms with Crippen LogP contribution in [0.4, 0.5) is 0 Å². The Kier molecular flexibility index (Phi) is 3.31. The second-order valence-corrected chi connectivity index (χ2v) is 5.68. The molecule has 1 aliphatic carbocycles. The molecule has 0 unspecified atom stereocenters. The van der Waals surface area contributed by atoms with E-state index in [-0.39, 0.29) is 11.6 Å². The van der Waals surface area contributed by atoms with Crippen LogP contribution in [-0.2, 0) is 4.74 Å². The van der Waals surface area contributed by atoms with Crippen molar-refractivity contribution in [3.63, 3.8) is 0 Å². The van der Waals surface area contributed by atoms with E-state index >= 15 is 0 Å². The van der Waals surface area contributed by atoms with E-state index in [2.05, 4.69) is 0 Å². The molecule has 3 nitrogen and oxygen atoms in total. The molecule has 0 N–H and O–H groups in total. The summed E-state index contributed by atoms with van der Waals surface area (Å²) in [6.45, 7) is 3.44. The van der Waals surface area contributed by atoms with Crippen molar-refractivity contribution >= 4 is 5.91 Å². The van der Waals surface area contributed by atoms with E-state index in [4.69, 9.17) is 4.74 Å². The van der Waals surface area contributed by atoms with Crippen molar-refractivity contribution in [2.75, 3.05) is 13.2 Å². The second-order valence-electron chi connectivity index (χ2n) is 5.68. The van der Waals surface area contributed by atoms with Crippen LogP contribution >= 0.6 is 0 Å². The van der Waals surface area contributed by atoms with Crippen molar-refractivity contribution in [1.82, 2.24) is 4.90 Å². The molecule has 3 heteroatoms. The summed E-state index contributed by atoms with van der Waals surface area (Å²) in [5.41, 5.74) is 1.66. The van der Waals surface area contributed by atoms with E-state index in [1.807, 2.05) is 36.1 Å². The molecule has 102 valence electrons. The summed E-state index contributed by atoms with van der Waals surface area (Å²) in [4.78, 5) is 14.6. The molecule has 1 spiro atoms. The molecule has 0 bridgehead atoms. The van der Waals surface area contributed by atoms with E-state index in [0.29, 0.717) is 6.61 Å². The highest BCUT2D eigenvalue weighted by atomic mass is 16.5. The van der Waals surface area contributed by atoms with Gasteiger partial charge in [-0.05, 0) is 44.7 Å². The van der Waals surface area contributed by atoms with Crippen LogP contribution in [0.5, 0.6) is 0 Å². The molecule has 1 aliphatic heterocycles. The molecule has 19 heavy (non-hydrogen) atoms. The van der Waals surface area contributed by atoms with Gasteiger partial charge in [0.25, 0.3) is 5.91 Å². The minimum absolute atomic E-state index is 0.124. The number of ether oxygens (including phenoxy) is 1. The summed E-state index contributed by atoms with van der Waals surface area (Å²) in [5.74, 6) is 0.124. The number of rotatable bonds is 1. The van der Waals surface area contributed by atoms with Crippen LogP contribution in [0.15, 0.2) is 24.3 Å². The number of hydrogen-bond donors (Lipinski definition) is 0. The summed E-state index contributed by atoms with van der Waals surface area (Å²) in [7, 11) is 0. The summed E-state index contributed by atoms with van der Waals surface area (Å²) in [6.07, 6.45) is 5.57. The number of aryl methyl sites for hydroxylation is 1. The van der Waals surface area contributed by atoms with Gasteiger partial charge in [-0.2, -0.15) is 0 Å². The zero-order chi connectivity index (χ0) is 13.3. The van der Waals surface area contributed by atoms with Gasteiger partial charge in [0.2, 0.25) is 0 Å². The van der Waals surface area contributed by atoms with Crippen LogP contribution in [0.3, 0.4) is 0 Å². The molecule has 1 saturated carbocycles. The quantitative estimate of drug-likeness (QED) is 0.775. The molecular weight excluding hydrogens is 238 g/mol. The van der Waals surface area contributed by atoms with E-state index < -0.39 is 0 Å². The third-order valence-corrected chi connectivity index (χ3v) is 4.36. The van der Waals surface area contributed by atoms with E-state index in [1.54, 1.807) is 0 Å². The van der Waals surface area contributed by atoms with Gasteiger partial charge in [0.1, 0.15) is 5.72 Å². The minimum atomic E-state index is -0.305. The lowest BCUT2D eigenvalue weighted by atomic mass is 9.90. The summed E-state index contributed by atoms with van der Waals surface area (Å²) >= 11 is 0. The van der Waals surface area contributed by atoms with Crippen LogP contribution in [0.25, 0.3) is 0 Å². The average Bonchev–Trinajstić information content (AvgIpc) is 2.83. The zero-order valence-electron chi connectivity index (χ0n) is 11.5. The molecule has 0 radical (unpaired) electrons. The van der Waals surface area contributed by atoms with Crippen LogP contribution < -0.4 is 0 Å². The minimum Gasteiger partial charge on any atom is -0.354 e. The maximum absolute atomic E-state index is 12.7. The van der Waals surface area contributed by atoms with Gasteiger partial charge < -0.3 is 9.64 Å². The Morgan fingerprint density at radius 2 is 1.84 bits per heavy atom. The fraction of sp³-hybridized carbons (Fsp3) is 0.562. The topological polar surface area (TPSA) is 29.5 Å². The van der Waals surface area contributed by atoms with Crippen molar-refractivity contribution in [2.24, 2.45) is 0 Å². The number of carbonyl (C=O) groups is 1. The molecule has 1 heterocycles. The first-order valence-electron chi connectivity index (χ1n) is 7.24. The van der Waals surface area contributed by atoms with Gasteiger partial charge in [0.15, 0.2) is 0 Å². The van der Waals surface area contributed by atoms with Gasteiger partial charge in [-0.1, -0.05) is 24.1 Å². The Morgan fingerprint density at radius 3 is 2.53 bits per heavy atom. The van der Waals surface area contributed by atoms with Gasteiger partial charge in [0, 0.05) is 12.1 Å². The third kappa shape index (κ3) is 2.27. The van der Waals surface area contributed by atoms with Crippen molar-refractivity contribution in [3.8, 4) is 0 Å². The average molecular weight is 259 g/mol. The summed E-state index contributed by atoms with van der Waals surface area (Å²) in [6, 6.07) is 7.84. The van der Waals surface area contributed by atoms with Gasteiger partial charge in [-0.3, -0.25) is 4.79 Å². The molecule has 1 saturated heterocycles. The van der Waals surface area contributed by atoms with Gasteiger partial charge in [-0.15, -0.1) is 0 Å². The second kappa shape index (κ2) is 4.97. The lowest BCUT2D eigenvalue weighted by Gasteiger charge is -2.40. The predicted octanol–water partition coefficient (Wildman–Crippen LogP) is 3.13. The van der Waals surface area contributed by atoms with Gasteiger partial charge >= 0.3 is 0 Å². The van der Waals surface area contributed by atoms with Gasteiger partial charge in [0.05, 0.1) is 6.61 Å². The highest BCUT2D eigenvalue weighted by Crippen LogP contribution is 2.38. The van der Waals surface area contributed by atoms with Crippen LogP contribution in [-0.4, -0.2) is 29.7 Å². The SMILES string of the molecule is Cc1ccc(C(=O)N2CCOC23CCCCC3)cc1. The molecule has 0 aromatic heterocycles. The number of hydrogen-bond acceptors (Lipinski definition) is 2. The molecular formula is C16H21NO2. The number of amides is 1. The Labute approximate surface area is 114 Å². The largest absolute Gasteiger partial charge is 0.354 e. The highest BCUT2D eigenvalue weighted by Gasteiger charge is 2.45. The molecule has 1 aromatic rings. The summed E-state index contributed by atoms with van der Waals surface area (Å²) < 4.78 is 5.97. The Bertz CT molecular complexity index is 460. The maximum Gasteiger partial charge on any atom is 0.256 e. The molecule has 2 aliphatic rings. The van der Waals surface area contributed by atoms with Crippen LogP contribution in [0.1, 0.15) is 48.0 Å². The first-order valence-corrected chi connectivity index (χ1v) is 7.24. The Balaban J connectivity index is 1.84. The predicted molar refractivity (Wildman–Crippen MR) is 74.0 cm³/mol. The Morgan fingerprint density at radius 1 is 1.16 bits per heavy atom. The molecule has 3 rings (SSSR count). The fourth-order valence-corrected chi connectivity index (χ4v) is 3.27. The first-order chi connectivity index (χ1) is 9.21.